The third-order valence-corrected chi connectivity index (χ3v) is 6.56. The number of ether oxygens (including phenoxy) is 2. The largest absolute Gasteiger partial charge is 0.445 e. The molecular weight excluding hydrogens is 488 g/mol. The number of hydrogen-bond donors (Lipinski definition) is 2. The molecule has 2 N–H and O–H groups in total. The fourth-order valence-corrected chi connectivity index (χ4v) is 4.57. The molecule has 0 saturated heterocycles. The molecule has 2 amide bonds. The minimum Gasteiger partial charge on any atom is -0.445 e. The van der Waals surface area contributed by atoms with Gasteiger partial charge in [0.05, 0.1) is 0 Å². The van der Waals surface area contributed by atoms with Crippen LogP contribution < -0.4 is 10.6 Å². The molecule has 0 radical (unpaired) electrons. The van der Waals surface area contributed by atoms with E-state index in [-0.39, 0.29) is 25.3 Å². The van der Waals surface area contributed by atoms with E-state index in [1.165, 1.54) is 21.9 Å². The van der Waals surface area contributed by atoms with Crippen LogP contribution in [0.4, 0.5) is 9.59 Å². The zero-order valence-corrected chi connectivity index (χ0v) is 22.4. The summed E-state index contributed by atoms with van der Waals surface area (Å²) in [4.78, 5) is 24.2. The Morgan fingerprint density at radius 3 is 1.85 bits per heavy atom. The highest BCUT2D eigenvalue weighted by Gasteiger charge is 2.13. The van der Waals surface area contributed by atoms with Crippen LogP contribution in [0.1, 0.15) is 42.0 Å². The first-order valence-electron chi connectivity index (χ1n) is 13.5. The van der Waals surface area contributed by atoms with E-state index >= 15 is 0 Å². The zero-order valence-electron chi connectivity index (χ0n) is 22.4. The van der Waals surface area contributed by atoms with E-state index in [4.69, 9.17) is 9.47 Å². The molecule has 0 aliphatic heterocycles. The molecule has 0 spiro atoms. The van der Waals surface area contributed by atoms with Gasteiger partial charge < -0.3 is 20.1 Å². The summed E-state index contributed by atoms with van der Waals surface area (Å²) in [5, 5.41) is 8.21. The number of carbonyl (C=O) groups is 2. The fraction of sp³-hybridized carbons (Fsp3) is 0.273. The topological polar surface area (TPSA) is 76.7 Å². The van der Waals surface area contributed by atoms with Crippen molar-refractivity contribution < 1.29 is 19.1 Å². The van der Waals surface area contributed by atoms with Crippen molar-refractivity contribution in [1.29, 1.82) is 0 Å². The van der Waals surface area contributed by atoms with Crippen LogP contribution in [0.25, 0.3) is 10.8 Å². The molecule has 6 heteroatoms. The standard InChI is InChI=1S/C33H36N2O4/c1-25(35-33(37)39-24-27-14-6-3-7-15-27)22-29-20-19-28(30-17-8-9-18-31(29)30)16-10-11-21-34-32(36)38-23-26-12-4-2-5-13-26/h2-9,12-15,17-20,25H,10-11,16,21-24H2,1H3,(H,34,36)(H,35,37). The average molecular weight is 525 g/mol. The van der Waals surface area contributed by atoms with Crippen LogP contribution in [0.15, 0.2) is 97.1 Å². The Labute approximate surface area is 230 Å². The van der Waals surface area contributed by atoms with Crippen LogP contribution in [0.3, 0.4) is 0 Å². The van der Waals surface area contributed by atoms with Gasteiger partial charge in [0, 0.05) is 12.6 Å². The maximum Gasteiger partial charge on any atom is 0.407 e. The second kappa shape index (κ2) is 14.6. The first-order valence-corrected chi connectivity index (χ1v) is 13.5. The van der Waals surface area contributed by atoms with Gasteiger partial charge >= 0.3 is 12.2 Å². The predicted molar refractivity (Wildman–Crippen MR) is 154 cm³/mol. The number of alkyl carbamates (subject to hydrolysis) is 2. The van der Waals surface area contributed by atoms with Gasteiger partial charge in [0.1, 0.15) is 13.2 Å². The van der Waals surface area contributed by atoms with Crippen molar-refractivity contribution in [3.05, 3.63) is 119 Å². The lowest BCUT2D eigenvalue weighted by Gasteiger charge is -2.17. The molecule has 0 bridgehead atoms. The minimum atomic E-state index is -0.412. The lowest BCUT2D eigenvalue weighted by atomic mass is 9.94. The van der Waals surface area contributed by atoms with E-state index in [0.29, 0.717) is 13.0 Å². The second-order valence-electron chi connectivity index (χ2n) is 9.69. The van der Waals surface area contributed by atoms with Gasteiger partial charge in [-0.25, -0.2) is 9.59 Å². The molecule has 0 heterocycles. The summed E-state index contributed by atoms with van der Waals surface area (Å²) in [6.45, 7) is 3.09. The Bertz CT molecular complexity index is 1340. The molecular formula is C33H36N2O4. The van der Waals surface area contributed by atoms with E-state index in [1.54, 1.807) is 0 Å². The molecule has 0 saturated carbocycles. The van der Waals surface area contributed by atoms with Crippen molar-refractivity contribution in [2.75, 3.05) is 6.54 Å². The molecule has 1 unspecified atom stereocenters. The number of rotatable bonds is 12. The molecule has 39 heavy (non-hydrogen) atoms. The average Bonchev–Trinajstić information content (AvgIpc) is 2.97. The highest BCUT2D eigenvalue weighted by atomic mass is 16.6. The Morgan fingerprint density at radius 1 is 0.667 bits per heavy atom. The van der Waals surface area contributed by atoms with E-state index in [9.17, 15) is 9.59 Å². The van der Waals surface area contributed by atoms with E-state index in [0.717, 1.165) is 30.4 Å². The SMILES string of the molecule is CC(Cc1ccc(CCCCNC(=O)OCc2ccccc2)c2ccccc12)NC(=O)OCc1ccccc1. The van der Waals surface area contributed by atoms with Crippen molar-refractivity contribution in [3.8, 4) is 0 Å². The van der Waals surface area contributed by atoms with Crippen LogP contribution in [0.5, 0.6) is 0 Å². The number of unbranched alkanes of at least 4 members (excludes halogenated alkanes) is 1. The summed E-state index contributed by atoms with van der Waals surface area (Å²) in [6.07, 6.45) is 2.64. The monoisotopic (exact) mass is 524 g/mol. The molecule has 0 aromatic heterocycles. The van der Waals surface area contributed by atoms with E-state index in [1.807, 2.05) is 73.7 Å². The summed E-state index contributed by atoms with van der Waals surface area (Å²) in [5.41, 5.74) is 4.40. The van der Waals surface area contributed by atoms with Crippen LogP contribution in [-0.4, -0.2) is 24.8 Å². The second-order valence-corrected chi connectivity index (χ2v) is 9.69. The summed E-state index contributed by atoms with van der Waals surface area (Å²) < 4.78 is 10.6. The third-order valence-electron chi connectivity index (χ3n) is 6.56. The molecule has 4 aromatic carbocycles. The Hall–Kier alpha value is -4.32. The molecule has 0 aliphatic carbocycles. The number of carbonyl (C=O) groups excluding carboxylic acids is 2. The summed E-state index contributed by atoms with van der Waals surface area (Å²) in [6, 6.07) is 32.0. The van der Waals surface area contributed by atoms with Crippen LogP contribution in [-0.2, 0) is 35.5 Å². The van der Waals surface area contributed by atoms with Gasteiger partial charge in [-0.05, 0) is 65.6 Å². The number of nitrogens with one attached hydrogen (secondary N) is 2. The van der Waals surface area contributed by atoms with Crippen molar-refractivity contribution in [2.24, 2.45) is 0 Å². The first-order chi connectivity index (χ1) is 19.1. The predicted octanol–water partition coefficient (Wildman–Crippen LogP) is 6.95. The summed E-state index contributed by atoms with van der Waals surface area (Å²) in [7, 11) is 0. The molecule has 0 fully saturated rings. The van der Waals surface area contributed by atoms with E-state index < -0.39 is 6.09 Å². The lowest BCUT2D eigenvalue weighted by Crippen LogP contribution is -2.34. The van der Waals surface area contributed by atoms with Crippen molar-refractivity contribution in [3.63, 3.8) is 0 Å². The van der Waals surface area contributed by atoms with Gasteiger partial charge in [0.2, 0.25) is 0 Å². The van der Waals surface area contributed by atoms with Gasteiger partial charge in [-0.3, -0.25) is 0 Å². The first kappa shape index (κ1) is 27.7. The molecule has 202 valence electrons. The van der Waals surface area contributed by atoms with Crippen LogP contribution in [0, 0.1) is 0 Å². The van der Waals surface area contributed by atoms with Crippen molar-refractivity contribution >= 4 is 23.0 Å². The molecule has 4 aromatic rings. The highest BCUT2D eigenvalue weighted by Crippen LogP contribution is 2.25. The van der Waals surface area contributed by atoms with Gasteiger partial charge in [0.25, 0.3) is 0 Å². The van der Waals surface area contributed by atoms with Gasteiger partial charge in [-0.15, -0.1) is 0 Å². The van der Waals surface area contributed by atoms with Crippen LogP contribution >= 0.6 is 0 Å². The van der Waals surface area contributed by atoms with E-state index in [2.05, 4.69) is 41.0 Å². The normalized spacial score (nSPS) is 11.5. The minimum absolute atomic E-state index is 0.0738. The lowest BCUT2D eigenvalue weighted by molar-refractivity contribution is 0.136. The number of amides is 2. The molecule has 1 atom stereocenters. The molecule has 6 nitrogen and oxygen atoms in total. The Kier molecular flexibility index (Phi) is 10.4. The smallest absolute Gasteiger partial charge is 0.407 e. The molecule has 4 rings (SSSR count). The number of fused-ring (bicyclic) bond motifs is 1. The zero-order chi connectivity index (χ0) is 27.3. The maximum absolute atomic E-state index is 12.3. The van der Waals surface area contributed by atoms with Gasteiger partial charge in [-0.2, -0.15) is 0 Å². The van der Waals surface area contributed by atoms with Gasteiger partial charge in [-0.1, -0.05) is 97.1 Å². The van der Waals surface area contributed by atoms with Gasteiger partial charge in [0.15, 0.2) is 0 Å². The summed E-state index contributed by atoms with van der Waals surface area (Å²) >= 11 is 0. The number of aryl methyl sites for hydroxylation is 1. The molecule has 0 aliphatic rings. The third kappa shape index (κ3) is 8.88. The highest BCUT2D eigenvalue weighted by molar-refractivity contribution is 5.88. The van der Waals surface area contributed by atoms with Crippen molar-refractivity contribution in [2.45, 2.75) is 51.9 Å². The number of hydrogen-bond acceptors (Lipinski definition) is 4. The maximum atomic E-state index is 12.3. The number of benzene rings is 4. The summed E-state index contributed by atoms with van der Waals surface area (Å²) in [5.74, 6) is 0. The Balaban J connectivity index is 1.22. The Morgan fingerprint density at radius 2 is 1.21 bits per heavy atom. The fourth-order valence-electron chi connectivity index (χ4n) is 4.57. The quantitative estimate of drug-likeness (QED) is 0.197. The van der Waals surface area contributed by atoms with Crippen molar-refractivity contribution in [1.82, 2.24) is 10.6 Å². The van der Waals surface area contributed by atoms with Crippen LogP contribution in [0.2, 0.25) is 0 Å².